The van der Waals surface area contributed by atoms with Crippen LogP contribution in [0.2, 0.25) is 5.02 Å². The summed E-state index contributed by atoms with van der Waals surface area (Å²) >= 11 is 6.02. The smallest absolute Gasteiger partial charge is 0.425 e. The third kappa shape index (κ3) is 5.60. The number of carbonyl (C=O) groups excluding carboxylic acids is 1. The minimum Gasteiger partial charge on any atom is -0.425 e. The number of aromatic nitrogens is 2. The molecule has 0 atom stereocenters. The summed E-state index contributed by atoms with van der Waals surface area (Å²) in [7, 11) is 0. The molecule has 1 aromatic heterocycles. The fourth-order valence-electron chi connectivity index (χ4n) is 3.83. The van der Waals surface area contributed by atoms with Crippen LogP contribution in [0, 0.1) is 0 Å². The number of rotatable bonds is 6. The van der Waals surface area contributed by atoms with Crippen LogP contribution >= 0.6 is 11.6 Å². The zero-order valence-corrected chi connectivity index (χ0v) is 17.9. The number of aryl methyl sites for hydroxylation is 1. The summed E-state index contributed by atoms with van der Waals surface area (Å²) in [4.78, 5) is 14.3. The van der Waals surface area contributed by atoms with Crippen molar-refractivity contribution in [1.82, 2.24) is 20.4 Å². The predicted molar refractivity (Wildman–Crippen MR) is 109 cm³/mol. The second kappa shape index (κ2) is 9.11. The van der Waals surface area contributed by atoms with Crippen LogP contribution in [0.5, 0.6) is 0 Å². The number of allylic oxidation sites excluding steroid dienone is 1. The lowest BCUT2D eigenvalue weighted by atomic mass is 9.82. The van der Waals surface area contributed by atoms with E-state index in [9.17, 15) is 18.0 Å². The Morgan fingerprint density at radius 2 is 2.09 bits per heavy atom. The molecular weight excluding hydrogens is 449 g/mol. The highest BCUT2D eigenvalue weighted by Gasteiger charge is 2.42. The summed E-state index contributed by atoms with van der Waals surface area (Å²) in [6.45, 7) is 4.97. The van der Waals surface area contributed by atoms with Crippen molar-refractivity contribution in [2.45, 2.75) is 57.0 Å². The summed E-state index contributed by atoms with van der Waals surface area (Å²) in [6.07, 6.45) is -3.63. The molecule has 0 bridgehead atoms. The van der Waals surface area contributed by atoms with Crippen LogP contribution in [0.25, 0.3) is 0 Å². The van der Waals surface area contributed by atoms with Crippen molar-refractivity contribution < 1.29 is 27.1 Å². The zero-order chi connectivity index (χ0) is 22.9. The van der Waals surface area contributed by atoms with E-state index in [2.05, 4.69) is 26.8 Å². The summed E-state index contributed by atoms with van der Waals surface area (Å²) in [5, 5.41) is 11.3. The Hall–Kier alpha value is -2.59. The Bertz CT molecular complexity index is 1000. The molecule has 0 radical (unpaired) electrons. The van der Waals surface area contributed by atoms with Crippen molar-refractivity contribution in [2.75, 3.05) is 6.54 Å². The van der Waals surface area contributed by atoms with Crippen molar-refractivity contribution in [3.05, 3.63) is 58.4 Å². The highest BCUT2D eigenvalue weighted by atomic mass is 35.5. The number of hydrogen-bond acceptors (Lipinski definition) is 5. The molecule has 1 N–H and O–H groups in total. The van der Waals surface area contributed by atoms with Crippen LogP contribution in [0.1, 0.15) is 48.1 Å². The molecule has 0 saturated heterocycles. The van der Waals surface area contributed by atoms with Crippen LogP contribution in [0.3, 0.4) is 0 Å². The molecule has 1 fully saturated rings. The van der Waals surface area contributed by atoms with Gasteiger partial charge in [-0.3, -0.25) is 4.74 Å². The molecule has 11 heteroatoms. The summed E-state index contributed by atoms with van der Waals surface area (Å²) < 4.78 is 46.1. The number of nitrogens with one attached hydrogen (secondary N) is 1. The van der Waals surface area contributed by atoms with Crippen molar-refractivity contribution in [3.63, 3.8) is 0 Å². The van der Waals surface area contributed by atoms with Gasteiger partial charge < -0.3 is 14.6 Å². The second-order valence-corrected chi connectivity index (χ2v) is 8.44. The molecule has 1 aliphatic carbocycles. The van der Waals surface area contributed by atoms with E-state index in [1.54, 1.807) is 4.90 Å². The first-order chi connectivity index (χ1) is 15.2. The average Bonchev–Trinajstić information content (AvgIpc) is 3.16. The molecule has 0 unspecified atom stereocenters. The Balaban J connectivity index is 1.20. The third-order valence-electron chi connectivity index (χ3n) is 5.62. The van der Waals surface area contributed by atoms with Gasteiger partial charge in [0.1, 0.15) is 0 Å². The molecule has 1 aliphatic heterocycles. The number of fused-ring (bicyclic) bond motifs is 1. The Labute approximate surface area is 187 Å². The molecule has 2 aliphatic rings. The molecule has 2 aromatic rings. The molecule has 172 valence electrons. The van der Waals surface area contributed by atoms with Gasteiger partial charge in [-0.2, -0.15) is 0 Å². The fraction of sp³-hybridized carbons (Fsp3) is 0.476. The van der Waals surface area contributed by atoms with Crippen molar-refractivity contribution >= 4 is 17.6 Å². The highest BCUT2D eigenvalue weighted by molar-refractivity contribution is 6.30. The van der Waals surface area contributed by atoms with Crippen LogP contribution in [0.4, 0.5) is 18.0 Å². The SMILES string of the molecule is C=C(CCc1nnc(C2CC(OC(F)(F)F)C2)o1)NC(=O)N1CCc2cc(Cl)ccc2C1. The minimum absolute atomic E-state index is 0.190. The number of benzene rings is 1. The zero-order valence-electron chi connectivity index (χ0n) is 17.1. The molecule has 1 saturated carbocycles. The van der Waals surface area contributed by atoms with E-state index in [4.69, 9.17) is 16.0 Å². The number of nitrogens with zero attached hydrogens (tertiary/aromatic N) is 3. The number of urea groups is 1. The number of carbonyl (C=O) groups is 1. The lowest BCUT2D eigenvalue weighted by Gasteiger charge is -2.32. The van der Waals surface area contributed by atoms with E-state index in [1.165, 1.54) is 0 Å². The highest BCUT2D eigenvalue weighted by Crippen LogP contribution is 2.40. The first kappa shape index (κ1) is 22.6. The normalized spacial score (nSPS) is 20.4. The summed E-state index contributed by atoms with van der Waals surface area (Å²) in [5.41, 5.74) is 2.73. The molecule has 32 heavy (non-hydrogen) atoms. The van der Waals surface area contributed by atoms with Gasteiger partial charge in [0.15, 0.2) is 0 Å². The minimum atomic E-state index is -4.63. The van der Waals surface area contributed by atoms with Crippen LogP contribution < -0.4 is 5.32 Å². The van der Waals surface area contributed by atoms with E-state index < -0.39 is 12.5 Å². The van der Waals surface area contributed by atoms with Crippen molar-refractivity contribution in [1.29, 1.82) is 0 Å². The standard InChI is InChI=1S/C21H22ClF3N4O3/c1-12(26-20(30)29-7-6-13-8-16(22)4-3-14(13)11-29)2-5-18-27-28-19(31-18)15-9-17(10-15)32-21(23,24)25/h3-4,8,15,17H,1-2,5-7,9-11H2,(H,26,30). The third-order valence-corrected chi connectivity index (χ3v) is 5.85. The topological polar surface area (TPSA) is 80.5 Å². The number of ether oxygens (including phenoxy) is 1. The first-order valence-corrected chi connectivity index (χ1v) is 10.6. The molecule has 2 heterocycles. The van der Waals surface area contributed by atoms with E-state index in [0.717, 1.165) is 17.5 Å². The van der Waals surface area contributed by atoms with Gasteiger partial charge in [-0.1, -0.05) is 24.2 Å². The van der Waals surface area contributed by atoms with Gasteiger partial charge in [0.05, 0.1) is 6.10 Å². The van der Waals surface area contributed by atoms with Gasteiger partial charge in [0.2, 0.25) is 11.8 Å². The molecule has 7 nitrogen and oxygen atoms in total. The summed E-state index contributed by atoms with van der Waals surface area (Å²) in [5.74, 6) is 0.423. The largest absolute Gasteiger partial charge is 0.522 e. The quantitative estimate of drug-likeness (QED) is 0.660. The molecular formula is C21H22ClF3N4O3. The maximum Gasteiger partial charge on any atom is 0.522 e. The Morgan fingerprint density at radius 1 is 1.31 bits per heavy atom. The van der Waals surface area contributed by atoms with E-state index in [1.807, 2.05) is 18.2 Å². The maximum atomic E-state index is 12.6. The van der Waals surface area contributed by atoms with Crippen molar-refractivity contribution in [2.24, 2.45) is 0 Å². The van der Waals surface area contributed by atoms with Gasteiger partial charge in [0, 0.05) is 36.1 Å². The van der Waals surface area contributed by atoms with Crippen molar-refractivity contribution in [3.8, 4) is 0 Å². The van der Waals surface area contributed by atoms with Crippen LogP contribution in [0.15, 0.2) is 34.9 Å². The fourth-order valence-corrected chi connectivity index (χ4v) is 4.03. The van der Waals surface area contributed by atoms with Gasteiger partial charge >= 0.3 is 12.4 Å². The maximum absolute atomic E-state index is 12.6. The molecule has 4 rings (SSSR count). The molecule has 0 spiro atoms. The lowest BCUT2D eigenvalue weighted by Crippen LogP contribution is -2.42. The van der Waals surface area contributed by atoms with E-state index in [-0.39, 0.29) is 24.8 Å². The van der Waals surface area contributed by atoms with Gasteiger partial charge in [-0.25, -0.2) is 4.79 Å². The monoisotopic (exact) mass is 470 g/mol. The van der Waals surface area contributed by atoms with E-state index >= 15 is 0 Å². The molecule has 1 aromatic carbocycles. The predicted octanol–water partition coefficient (Wildman–Crippen LogP) is 4.72. The van der Waals surface area contributed by atoms with Crippen LogP contribution in [-0.4, -0.2) is 40.1 Å². The van der Waals surface area contributed by atoms with Crippen LogP contribution in [-0.2, 0) is 24.1 Å². The van der Waals surface area contributed by atoms with Gasteiger partial charge in [-0.15, -0.1) is 23.4 Å². The lowest BCUT2D eigenvalue weighted by molar-refractivity contribution is -0.352. The van der Waals surface area contributed by atoms with Gasteiger partial charge in [-0.05, 0) is 48.9 Å². The average molecular weight is 471 g/mol. The second-order valence-electron chi connectivity index (χ2n) is 8.01. The van der Waals surface area contributed by atoms with E-state index in [0.29, 0.717) is 48.4 Å². The Morgan fingerprint density at radius 3 is 2.84 bits per heavy atom. The molecule has 2 amide bonds. The number of alkyl halides is 3. The van der Waals surface area contributed by atoms with Gasteiger partial charge in [0.25, 0.3) is 0 Å². The number of hydrogen-bond donors (Lipinski definition) is 1. The number of halogens is 4. The first-order valence-electron chi connectivity index (χ1n) is 10.2. The summed E-state index contributed by atoms with van der Waals surface area (Å²) in [6, 6.07) is 5.44. The Kier molecular flexibility index (Phi) is 6.43. The number of amides is 2.